The molecule has 0 unspecified atom stereocenters. The molecule has 0 saturated carbocycles. The molecule has 5 heteroatoms. The largest absolute Gasteiger partial charge is 0.457 e. The first-order chi connectivity index (χ1) is 23.5. The SMILES string of the molecule is Cc1cc(C)c(-c2cn3c4ccccc4c4ccc(Oc5ccc6c7ccccc7n7c8ccccc8nc7c6c5)cc4c3n2)c(C)c1. The summed E-state index contributed by atoms with van der Waals surface area (Å²) in [5.41, 5.74) is 12.1. The highest BCUT2D eigenvalue weighted by Crippen LogP contribution is 2.38. The van der Waals surface area contributed by atoms with Crippen LogP contribution in [0.2, 0.25) is 0 Å². The topological polar surface area (TPSA) is 43.8 Å². The summed E-state index contributed by atoms with van der Waals surface area (Å²) in [5.74, 6) is 1.52. The number of hydrogen-bond acceptors (Lipinski definition) is 3. The Morgan fingerprint density at radius 1 is 0.500 bits per heavy atom. The second-order valence-corrected chi connectivity index (χ2v) is 12.9. The average molecular weight is 619 g/mol. The van der Waals surface area contributed by atoms with Gasteiger partial charge in [0.05, 0.1) is 27.8 Å². The highest BCUT2D eigenvalue weighted by molar-refractivity contribution is 6.14. The van der Waals surface area contributed by atoms with E-state index in [0.717, 1.165) is 72.1 Å². The van der Waals surface area contributed by atoms with Crippen LogP contribution in [-0.4, -0.2) is 18.8 Å². The van der Waals surface area contributed by atoms with E-state index in [1.807, 2.05) is 6.07 Å². The summed E-state index contributed by atoms with van der Waals surface area (Å²) in [5, 5.41) is 6.77. The van der Waals surface area contributed by atoms with E-state index < -0.39 is 0 Å². The van der Waals surface area contributed by atoms with Crippen LogP contribution in [0.5, 0.6) is 11.5 Å². The maximum Gasteiger partial charge on any atom is 0.146 e. The number of para-hydroxylation sites is 4. The van der Waals surface area contributed by atoms with E-state index >= 15 is 0 Å². The lowest BCUT2D eigenvalue weighted by molar-refractivity contribution is 0.484. The Bertz CT molecular complexity index is 2940. The van der Waals surface area contributed by atoms with E-state index in [-0.39, 0.29) is 0 Å². The van der Waals surface area contributed by atoms with Gasteiger partial charge < -0.3 is 4.74 Å². The van der Waals surface area contributed by atoms with Gasteiger partial charge in [0.25, 0.3) is 0 Å². The summed E-state index contributed by atoms with van der Waals surface area (Å²) in [4.78, 5) is 10.4. The summed E-state index contributed by atoms with van der Waals surface area (Å²) in [6, 6.07) is 42.6. The fourth-order valence-corrected chi connectivity index (χ4v) is 7.87. The summed E-state index contributed by atoms with van der Waals surface area (Å²) >= 11 is 0. The van der Waals surface area contributed by atoms with Gasteiger partial charge >= 0.3 is 0 Å². The molecule has 0 aliphatic carbocycles. The van der Waals surface area contributed by atoms with E-state index in [0.29, 0.717) is 0 Å². The van der Waals surface area contributed by atoms with Crippen LogP contribution in [0.1, 0.15) is 16.7 Å². The third-order valence-corrected chi connectivity index (χ3v) is 9.79. The monoisotopic (exact) mass is 618 g/mol. The van der Waals surface area contributed by atoms with Gasteiger partial charge in [0.15, 0.2) is 0 Å². The molecule has 10 rings (SSSR count). The van der Waals surface area contributed by atoms with Crippen molar-refractivity contribution in [2.45, 2.75) is 20.8 Å². The fourth-order valence-electron chi connectivity index (χ4n) is 7.87. The average Bonchev–Trinajstić information content (AvgIpc) is 3.71. The van der Waals surface area contributed by atoms with Gasteiger partial charge in [-0.25, -0.2) is 9.97 Å². The molecule has 0 spiro atoms. The van der Waals surface area contributed by atoms with Crippen molar-refractivity contribution in [1.29, 1.82) is 0 Å². The standard InChI is InChI=1S/C43H30N4O/c1-25-20-26(2)41(27(3)21-25)37-24-46-38-13-7-4-10-32(38)30-18-16-28(22-34(30)42(46)45-37)48-29-17-19-31-33-11-5-8-14-39(33)47-40-15-9-6-12-36(40)44-43(47)35(31)23-29/h4-24H,1-3H3. The van der Waals surface area contributed by atoms with Crippen LogP contribution >= 0.6 is 0 Å². The van der Waals surface area contributed by atoms with Crippen LogP contribution in [0.4, 0.5) is 0 Å². The molecule has 5 nitrogen and oxygen atoms in total. The van der Waals surface area contributed by atoms with Gasteiger partial charge in [-0.1, -0.05) is 66.2 Å². The fraction of sp³-hybridized carbons (Fsp3) is 0.0698. The summed E-state index contributed by atoms with van der Waals surface area (Å²) in [6.07, 6.45) is 2.18. The van der Waals surface area contributed by atoms with Crippen LogP contribution in [0.3, 0.4) is 0 Å². The quantitative estimate of drug-likeness (QED) is 0.185. The van der Waals surface area contributed by atoms with Gasteiger partial charge in [0, 0.05) is 33.3 Å². The van der Waals surface area contributed by atoms with Crippen molar-refractivity contribution < 1.29 is 4.74 Å². The Kier molecular flexibility index (Phi) is 5.56. The lowest BCUT2D eigenvalue weighted by Gasteiger charge is -2.13. The molecule has 4 heterocycles. The molecule has 228 valence electrons. The number of rotatable bonds is 3. The molecule has 0 fully saturated rings. The van der Waals surface area contributed by atoms with Crippen LogP contribution in [0.15, 0.2) is 128 Å². The second kappa shape index (κ2) is 9.90. The third kappa shape index (κ3) is 3.85. The van der Waals surface area contributed by atoms with Crippen molar-refractivity contribution in [2.24, 2.45) is 0 Å². The lowest BCUT2D eigenvalue weighted by Crippen LogP contribution is -1.93. The van der Waals surface area contributed by atoms with Crippen molar-refractivity contribution in [1.82, 2.24) is 18.8 Å². The van der Waals surface area contributed by atoms with Crippen molar-refractivity contribution in [3.63, 3.8) is 0 Å². The van der Waals surface area contributed by atoms with Crippen LogP contribution in [0.25, 0.3) is 76.9 Å². The Balaban J connectivity index is 1.17. The smallest absolute Gasteiger partial charge is 0.146 e. The highest BCUT2D eigenvalue weighted by atomic mass is 16.5. The molecule has 0 aliphatic heterocycles. The molecular weight excluding hydrogens is 589 g/mol. The van der Waals surface area contributed by atoms with E-state index in [1.54, 1.807) is 0 Å². The number of aromatic nitrogens is 4. The van der Waals surface area contributed by atoms with Crippen molar-refractivity contribution >= 4 is 65.7 Å². The number of fused-ring (bicyclic) bond motifs is 14. The first-order valence-electron chi connectivity index (χ1n) is 16.3. The number of pyridine rings is 2. The van der Waals surface area contributed by atoms with Crippen molar-refractivity contribution in [2.75, 3.05) is 0 Å². The van der Waals surface area contributed by atoms with Gasteiger partial charge in [-0.3, -0.25) is 8.80 Å². The Morgan fingerprint density at radius 3 is 1.79 bits per heavy atom. The molecule has 48 heavy (non-hydrogen) atoms. The van der Waals surface area contributed by atoms with Gasteiger partial charge in [-0.2, -0.15) is 0 Å². The highest BCUT2D eigenvalue weighted by Gasteiger charge is 2.18. The summed E-state index contributed by atoms with van der Waals surface area (Å²) in [7, 11) is 0. The summed E-state index contributed by atoms with van der Waals surface area (Å²) in [6.45, 7) is 6.50. The molecule has 0 amide bonds. The van der Waals surface area contributed by atoms with Gasteiger partial charge in [-0.05, 0) is 103 Å². The normalized spacial score (nSPS) is 12.1. The van der Waals surface area contributed by atoms with E-state index in [1.165, 1.54) is 33.0 Å². The zero-order chi connectivity index (χ0) is 32.1. The zero-order valence-corrected chi connectivity index (χ0v) is 26.8. The number of aryl methyl sites for hydroxylation is 3. The number of imidazole rings is 2. The van der Waals surface area contributed by atoms with Gasteiger partial charge in [0.2, 0.25) is 0 Å². The molecule has 0 radical (unpaired) electrons. The van der Waals surface area contributed by atoms with Crippen LogP contribution in [0, 0.1) is 20.8 Å². The zero-order valence-electron chi connectivity index (χ0n) is 26.8. The minimum atomic E-state index is 0.761. The Morgan fingerprint density at radius 2 is 1.08 bits per heavy atom. The first-order valence-corrected chi connectivity index (χ1v) is 16.3. The molecule has 0 saturated heterocycles. The molecule has 0 atom stereocenters. The van der Waals surface area contributed by atoms with Gasteiger partial charge in [0.1, 0.15) is 22.8 Å². The van der Waals surface area contributed by atoms with E-state index in [9.17, 15) is 0 Å². The predicted octanol–water partition coefficient (Wildman–Crippen LogP) is 11.1. The molecule has 0 N–H and O–H groups in total. The predicted molar refractivity (Wildman–Crippen MR) is 198 cm³/mol. The minimum Gasteiger partial charge on any atom is -0.457 e. The minimum absolute atomic E-state index is 0.761. The molecular formula is C43H30N4O. The van der Waals surface area contributed by atoms with Crippen molar-refractivity contribution in [3.05, 3.63) is 144 Å². The van der Waals surface area contributed by atoms with Gasteiger partial charge in [-0.15, -0.1) is 0 Å². The van der Waals surface area contributed by atoms with E-state index in [2.05, 4.69) is 151 Å². The number of benzene rings is 6. The van der Waals surface area contributed by atoms with Crippen LogP contribution in [-0.2, 0) is 0 Å². The molecule has 0 aliphatic rings. The second-order valence-electron chi connectivity index (χ2n) is 12.9. The maximum atomic E-state index is 6.66. The Labute approximate surface area is 276 Å². The number of hydrogen-bond donors (Lipinski definition) is 0. The van der Waals surface area contributed by atoms with E-state index in [4.69, 9.17) is 14.7 Å². The number of ether oxygens (including phenoxy) is 1. The molecule has 4 aromatic heterocycles. The van der Waals surface area contributed by atoms with Crippen molar-refractivity contribution in [3.8, 4) is 22.8 Å². The molecule has 6 aromatic carbocycles. The first kappa shape index (κ1) is 27.0. The molecule has 10 aromatic rings. The molecule has 0 bridgehead atoms. The van der Waals surface area contributed by atoms with Crippen LogP contribution < -0.4 is 4.74 Å². The lowest BCUT2D eigenvalue weighted by atomic mass is 9.98. The third-order valence-electron chi connectivity index (χ3n) is 9.79. The summed E-state index contributed by atoms with van der Waals surface area (Å²) < 4.78 is 11.2. The maximum absolute atomic E-state index is 6.66. The number of nitrogens with zero attached hydrogens (tertiary/aromatic N) is 4. The Hall–Kier alpha value is -6.20.